The van der Waals surface area contributed by atoms with Gasteiger partial charge in [0.05, 0.1) is 7.11 Å². The average Bonchev–Trinajstić information content (AvgIpc) is 3.09. The third-order valence-corrected chi connectivity index (χ3v) is 2.77. The molecule has 88 valence electrons. The van der Waals surface area contributed by atoms with Crippen molar-refractivity contribution in [2.75, 3.05) is 12.8 Å². The first kappa shape index (κ1) is 10.0. The predicted molar refractivity (Wildman–Crippen MR) is 58.5 cm³/mol. The second kappa shape index (κ2) is 3.41. The fraction of sp³-hybridized carbons (Fsp3) is 0.400. The molecule has 0 atom stereocenters. The Morgan fingerprint density at radius 3 is 3.00 bits per heavy atom. The van der Waals surface area contributed by atoms with Gasteiger partial charge >= 0.3 is 5.97 Å². The number of rotatable bonds is 2. The Hall–Kier alpha value is -2.18. The van der Waals surface area contributed by atoms with E-state index < -0.39 is 5.97 Å². The lowest BCUT2D eigenvalue weighted by atomic mass is 10.3. The minimum absolute atomic E-state index is 0.201. The number of methoxy groups -OCH3 is 1. The molecule has 0 saturated heterocycles. The SMILES string of the molecule is COC(=O)c1cnc2nc(C3CC3)nn2c1N. The molecule has 0 spiro atoms. The highest BCUT2D eigenvalue weighted by molar-refractivity contribution is 5.94. The van der Waals surface area contributed by atoms with E-state index >= 15 is 0 Å². The van der Waals surface area contributed by atoms with Crippen molar-refractivity contribution in [2.24, 2.45) is 0 Å². The molecular formula is C10H11N5O2. The normalized spacial score (nSPS) is 15.1. The number of aromatic nitrogens is 4. The number of nitrogens with zero attached hydrogens (tertiary/aromatic N) is 4. The Bertz CT molecular complexity index is 602. The number of fused-ring (bicyclic) bond motifs is 1. The van der Waals surface area contributed by atoms with E-state index in [9.17, 15) is 4.79 Å². The van der Waals surface area contributed by atoms with E-state index in [0.717, 1.165) is 18.7 Å². The van der Waals surface area contributed by atoms with Crippen LogP contribution >= 0.6 is 0 Å². The molecule has 1 saturated carbocycles. The van der Waals surface area contributed by atoms with E-state index in [0.29, 0.717) is 11.7 Å². The van der Waals surface area contributed by atoms with Gasteiger partial charge in [0, 0.05) is 12.1 Å². The minimum atomic E-state index is -0.527. The number of hydrogen-bond donors (Lipinski definition) is 1. The molecular weight excluding hydrogens is 222 g/mol. The molecule has 1 fully saturated rings. The van der Waals surface area contributed by atoms with Gasteiger partial charge in [0.25, 0.3) is 5.78 Å². The zero-order chi connectivity index (χ0) is 12.0. The predicted octanol–water partition coefficient (Wildman–Crippen LogP) is 0.370. The van der Waals surface area contributed by atoms with E-state index in [4.69, 9.17) is 5.73 Å². The highest BCUT2D eigenvalue weighted by Gasteiger charge is 2.29. The molecule has 2 N–H and O–H groups in total. The van der Waals surface area contributed by atoms with Gasteiger partial charge in [-0.25, -0.2) is 9.78 Å². The van der Waals surface area contributed by atoms with Gasteiger partial charge in [-0.2, -0.15) is 9.50 Å². The van der Waals surface area contributed by atoms with Crippen molar-refractivity contribution in [1.82, 2.24) is 19.6 Å². The van der Waals surface area contributed by atoms with Gasteiger partial charge in [-0.15, -0.1) is 5.10 Å². The molecule has 0 radical (unpaired) electrons. The third kappa shape index (κ3) is 1.50. The number of carbonyl (C=O) groups excluding carboxylic acids is 1. The number of nitrogen functional groups attached to an aromatic ring is 1. The minimum Gasteiger partial charge on any atom is -0.465 e. The van der Waals surface area contributed by atoms with Crippen LogP contribution in [0.4, 0.5) is 5.82 Å². The Labute approximate surface area is 96.6 Å². The van der Waals surface area contributed by atoms with E-state index in [1.807, 2.05) is 0 Å². The van der Waals surface area contributed by atoms with Crippen LogP contribution in [-0.4, -0.2) is 32.7 Å². The molecule has 0 unspecified atom stereocenters. The van der Waals surface area contributed by atoms with Crippen LogP contribution in [0.3, 0.4) is 0 Å². The lowest BCUT2D eigenvalue weighted by Gasteiger charge is -2.03. The maximum Gasteiger partial charge on any atom is 0.343 e. The van der Waals surface area contributed by atoms with Gasteiger partial charge in [-0.3, -0.25) is 0 Å². The summed E-state index contributed by atoms with van der Waals surface area (Å²) in [7, 11) is 1.29. The second-order valence-corrected chi connectivity index (χ2v) is 4.00. The van der Waals surface area contributed by atoms with Crippen LogP contribution in [0.1, 0.15) is 34.9 Å². The van der Waals surface area contributed by atoms with Crippen LogP contribution in [0.5, 0.6) is 0 Å². The van der Waals surface area contributed by atoms with Gasteiger partial charge < -0.3 is 10.5 Å². The standard InChI is InChI=1S/C10H11N5O2/c1-17-9(16)6-4-12-10-13-8(5-2-3-5)14-15(10)7(6)11/h4-5H,2-3,11H2,1H3. The van der Waals surface area contributed by atoms with Crippen molar-refractivity contribution in [3.8, 4) is 0 Å². The third-order valence-electron chi connectivity index (χ3n) is 2.77. The molecule has 1 aliphatic rings. The summed E-state index contributed by atoms with van der Waals surface area (Å²) in [6.45, 7) is 0. The van der Waals surface area contributed by atoms with Crippen LogP contribution in [0.2, 0.25) is 0 Å². The zero-order valence-electron chi connectivity index (χ0n) is 9.25. The fourth-order valence-corrected chi connectivity index (χ4v) is 1.65. The topological polar surface area (TPSA) is 95.4 Å². The Morgan fingerprint density at radius 2 is 2.35 bits per heavy atom. The van der Waals surface area contributed by atoms with Crippen molar-refractivity contribution >= 4 is 17.6 Å². The van der Waals surface area contributed by atoms with E-state index in [1.165, 1.54) is 17.8 Å². The van der Waals surface area contributed by atoms with E-state index in [2.05, 4.69) is 19.8 Å². The Kier molecular flexibility index (Phi) is 2.01. The molecule has 0 amide bonds. The van der Waals surface area contributed by atoms with Gasteiger partial charge in [0.15, 0.2) is 5.82 Å². The number of nitrogens with two attached hydrogens (primary N) is 1. The number of anilines is 1. The molecule has 7 nitrogen and oxygen atoms in total. The van der Waals surface area contributed by atoms with Crippen molar-refractivity contribution in [1.29, 1.82) is 0 Å². The fourth-order valence-electron chi connectivity index (χ4n) is 1.65. The summed E-state index contributed by atoms with van der Waals surface area (Å²) in [5, 5.41) is 4.26. The average molecular weight is 233 g/mol. The second-order valence-electron chi connectivity index (χ2n) is 4.00. The Balaban J connectivity index is 2.15. The summed E-state index contributed by atoms with van der Waals surface area (Å²) < 4.78 is 6.00. The number of hydrogen-bond acceptors (Lipinski definition) is 6. The van der Waals surface area contributed by atoms with Crippen LogP contribution in [-0.2, 0) is 4.74 Å². The van der Waals surface area contributed by atoms with Crippen LogP contribution < -0.4 is 5.73 Å². The first-order valence-corrected chi connectivity index (χ1v) is 5.30. The van der Waals surface area contributed by atoms with Crippen molar-refractivity contribution in [3.63, 3.8) is 0 Å². The summed E-state index contributed by atoms with van der Waals surface area (Å²) in [4.78, 5) is 19.7. The monoisotopic (exact) mass is 233 g/mol. The highest BCUT2D eigenvalue weighted by atomic mass is 16.5. The quantitative estimate of drug-likeness (QED) is 0.753. The molecule has 2 aromatic rings. The van der Waals surface area contributed by atoms with E-state index in [1.54, 1.807) is 0 Å². The Morgan fingerprint density at radius 1 is 1.59 bits per heavy atom. The summed E-state index contributed by atoms with van der Waals surface area (Å²) in [6, 6.07) is 0. The smallest absolute Gasteiger partial charge is 0.343 e. The molecule has 2 aromatic heterocycles. The molecule has 2 heterocycles. The number of ether oxygens (including phenoxy) is 1. The summed E-state index contributed by atoms with van der Waals surface area (Å²) in [5.74, 6) is 1.25. The number of esters is 1. The molecule has 1 aliphatic carbocycles. The first-order chi connectivity index (χ1) is 8.20. The molecule has 0 aromatic carbocycles. The van der Waals surface area contributed by atoms with E-state index in [-0.39, 0.29) is 11.4 Å². The summed E-state index contributed by atoms with van der Waals surface area (Å²) >= 11 is 0. The van der Waals surface area contributed by atoms with Crippen LogP contribution in [0.15, 0.2) is 6.20 Å². The molecule has 7 heteroatoms. The highest BCUT2D eigenvalue weighted by Crippen LogP contribution is 2.38. The maximum atomic E-state index is 11.4. The van der Waals surface area contributed by atoms with Gasteiger partial charge in [0.2, 0.25) is 0 Å². The molecule has 0 aliphatic heterocycles. The lowest BCUT2D eigenvalue weighted by Crippen LogP contribution is -2.11. The summed E-state index contributed by atoms with van der Waals surface area (Å²) in [5.41, 5.74) is 6.05. The number of carbonyl (C=O) groups is 1. The van der Waals surface area contributed by atoms with Crippen molar-refractivity contribution < 1.29 is 9.53 Å². The largest absolute Gasteiger partial charge is 0.465 e. The van der Waals surface area contributed by atoms with Crippen molar-refractivity contribution in [2.45, 2.75) is 18.8 Å². The van der Waals surface area contributed by atoms with Crippen molar-refractivity contribution in [3.05, 3.63) is 17.6 Å². The van der Waals surface area contributed by atoms with Gasteiger partial charge in [0.1, 0.15) is 11.4 Å². The molecule has 3 rings (SSSR count). The maximum absolute atomic E-state index is 11.4. The molecule has 17 heavy (non-hydrogen) atoms. The van der Waals surface area contributed by atoms with Crippen LogP contribution in [0, 0.1) is 0 Å². The van der Waals surface area contributed by atoms with Gasteiger partial charge in [-0.1, -0.05) is 0 Å². The summed E-state index contributed by atoms with van der Waals surface area (Å²) in [6.07, 6.45) is 3.56. The first-order valence-electron chi connectivity index (χ1n) is 5.30. The van der Waals surface area contributed by atoms with Gasteiger partial charge in [-0.05, 0) is 12.8 Å². The zero-order valence-corrected chi connectivity index (χ0v) is 9.25. The molecule has 0 bridgehead atoms. The van der Waals surface area contributed by atoms with Crippen LogP contribution in [0.25, 0.3) is 5.78 Å². The lowest BCUT2D eigenvalue weighted by molar-refractivity contribution is 0.0601.